The fourth-order valence-corrected chi connectivity index (χ4v) is 2.03. The Kier molecular flexibility index (Phi) is 4.39. The molecule has 0 spiro atoms. The minimum atomic E-state index is -0.348. The van der Waals surface area contributed by atoms with Gasteiger partial charge in [-0.2, -0.15) is 0 Å². The normalized spacial score (nSPS) is 15.1. The molecule has 2 heterocycles. The maximum atomic E-state index is 12.2. The summed E-state index contributed by atoms with van der Waals surface area (Å²) < 4.78 is 4.92. The molecule has 1 aliphatic rings. The molecule has 1 N–H and O–H groups in total. The minimum absolute atomic E-state index is 0.0407. The monoisotopic (exact) mass is 279 g/mol. The van der Waals surface area contributed by atoms with Gasteiger partial charge in [-0.15, -0.1) is 0 Å². The smallest absolute Gasteiger partial charge is 0.409 e. The molecule has 2 rings (SSSR count). The number of aromatic nitrogens is 1. The predicted molar refractivity (Wildman–Crippen MR) is 70.4 cm³/mol. The molecule has 1 saturated heterocycles. The first-order chi connectivity index (χ1) is 9.61. The quantitative estimate of drug-likeness (QED) is 0.861. The number of nitrogens with zero attached hydrogens (tertiary/aromatic N) is 3. The van der Waals surface area contributed by atoms with Crippen LogP contribution in [0.5, 0.6) is 5.75 Å². The van der Waals surface area contributed by atoms with Gasteiger partial charge in [0.15, 0.2) is 0 Å². The summed E-state index contributed by atoms with van der Waals surface area (Å²) in [4.78, 5) is 30.7. The van der Waals surface area contributed by atoms with E-state index in [-0.39, 0.29) is 17.7 Å². The molecule has 1 aromatic heterocycles. The third kappa shape index (κ3) is 3.17. The van der Waals surface area contributed by atoms with Gasteiger partial charge >= 0.3 is 6.09 Å². The molecule has 0 unspecified atom stereocenters. The van der Waals surface area contributed by atoms with Gasteiger partial charge in [0.25, 0.3) is 5.91 Å². The van der Waals surface area contributed by atoms with Crippen molar-refractivity contribution >= 4 is 12.0 Å². The van der Waals surface area contributed by atoms with Crippen LogP contribution in [0.3, 0.4) is 0 Å². The van der Waals surface area contributed by atoms with E-state index in [0.717, 1.165) is 0 Å². The Labute approximate surface area is 116 Å². The Morgan fingerprint density at radius 2 is 1.90 bits per heavy atom. The summed E-state index contributed by atoms with van der Waals surface area (Å²) in [6.07, 6.45) is 2.34. The Bertz CT molecular complexity index is 498. The number of pyridine rings is 1. The highest BCUT2D eigenvalue weighted by molar-refractivity contribution is 5.94. The SMILES string of the molecule is CCOC(=O)N1CCN(C(=O)c2cncc(O)c2)CC1. The van der Waals surface area contributed by atoms with Crippen LogP contribution in [-0.2, 0) is 4.74 Å². The molecule has 7 nitrogen and oxygen atoms in total. The number of rotatable bonds is 2. The van der Waals surface area contributed by atoms with Crippen LogP contribution in [0.25, 0.3) is 0 Å². The number of carbonyl (C=O) groups excluding carboxylic acids is 2. The first-order valence-corrected chi connectivity index (χ1v) is 6.46. The second-order valence-electron chi connectivity index (χ2n) is 4.41. The Morgan fingerprint density at radius 3 is 2.50 bits per heavy atom. The van der Waals surface area contributed by atoms with E-state index < -0.39 is 0 Å². The predicted octanol–water partition coefficient (Wildman–Crippen LogP) is 0.702. The molecule has 7 heteroatoms. The number of ether oxygens (including phenoxy) is 1. The summed E-state index contributed by atoms with van der Waals surface area (Å²) in [5.74, 6) is -0.238. The highest BCUT2D eigenvalue weighted by atomic mass is 16.6. The number of hydrogen-bond acceptors (Lipinski definition) is 5. The lowest BCUT2D eigenvalue weighted by molar-refractivity contribution is 0.0570. The summed E-state index contributed by atoms with van der Waals surface area (Å²) >= 11 is 0. The summed E-state index contributed by atoms with van der Waals surface area (Å²) in [7, 11) is 0. The molecular weight excluding hydrogens is 262 g/mol. The number of carbonyl (C=O) groups is 2. The maximum absolute atomic E-state index is 12.2. The van der Waals surface area contributed by atoms with Crippen LogP contribution in [-0.4, -0.2) is 64.7 Å². The minimum Gasteiger partial charge on any atom is -0.506 e. The van der Waals surface area contributed by atoms with Gasteiger partial charge in [0.05, 0.1) is 18.4 Å². The molecule has 1 aliphatic heterocycles. The van der Waals surface area contributed by atoms with E-state index in [1.54, 1.807) is 16.7 Å². The first kappa shape index (κ1) is 14.1. The molecule has 0 bridgehead atoms. The van der Waals surface area contributed by atoms with Gasteiger partial charge in [0.2, 0.25) is 0 Å². The van der Waals surface area contributed by atoms with E-state index in [4.69, 9.17) is 4.74 Å². The van der Waals surface area contributed by atoms with Crippen LogP contribution >= 0.6 is 0 Å². The highest BCUT2D eigenvalue weighted by Crippen LogP contribution is 2.13. The van der Waals surface area contributed by atoms with Gasteiger partial charge in [0.1, 0.15) is 5.75 Å². The average Bonchev–Trinajstić information content (AvgIpc) is 2.47. The fourth-order valence-electron chi connectivity index (χ4n) is 2.03. The van der Waals surface area contributed by atoms with E-state index in [2.05, 4.69) is 4.98 Å². The summed E-state index contributed by atoms with van der Waals surface area (Å²) in [5, 5.41) is 9.33. The first-order valence-electron chi connectivity index (χ1n) is 6.46. The molecule has 0 radical (unpaired) electrons. The molecule has 2 amide bonds. The zero-order chi connectivity index (χ0) is 14.5. The largest absolute Gasteiger partial charge is 0.506 e. The van der Waals surface area contributed by atoms with Crippen LogP contribution in [0.2, 0.25) is 0 Å². The van der Waals surface area contributed by atoms with E-state index in [1.807, 2.05) is 0 Å². The molecular formula is C13H17N3O4. The van der Waals surface area contributed by atoms with Crippen LogP contribution < -0.4 is 0 Å². The summed E-state index contributed by atoms with van der Waals surface area (Å²) in [6, 6.07) is 1.38. The van der Waals surface area contributed by atoms with Gasteiger partial charge in [-0.05, 0) is 13.0 Å². The highest BCUT2D eigenvalue weighted by Gasteiger charge is 2.25. The molecule has 108 valence electrons. The third-order valence-corrected chi connectivity index (χ3v) is 3.06. The van der Waals surface area contributed by atoms with Crippen molar-refractivity contribution in [2.24, 2.45) is 0 Å². The van der Waals surface area contributed by atoms with E-state index in [9.17, 15) is 14.7 Å². The van der Waals surface area contributed by atoms with Crippen molar-refractivity contribution < 1.29 is 19.4 Å². The molecule has 20 heavy (non-hydrogen) atoms. The van der Waals surface area contributed by atoms with Crippen molar-refractivity contribution in [3.05, 3.63) is 24.0 Å². The second-order valence-corrected chi connectivity index (χ2v) is 4.41. The van der Waals surface area contributed by atoms with Gasteiger partial charge in [-0.1, -0.05) is 0 Å². The van der Waals surface area contributed by atoms with Crippen LogP contribution in [0.15, 0.2) is 18.5 Å². The number of aromatic hydroxyl groups is 1. The lowest BCUT2D eigenvalue weighted by Crippen LogP contribution is -2.50. The van der Waals surface area contributed by atoms with Crippen molar-refractivity contribution in [1.29, 1.82) is 0 Å². The zero-order valence-electron chi connectivity index (χ0n) is 11.3. The van der Waals surface area contributed by atoms with Gasteiger partial charge in [-0.3, -0.25) is 9.78 Å². The molecule has 1 fully saturated rings. The Balaban J connectivity index is 1.93. The van der Waals surface area contributed by atoms with Gasteiger partial charge in [0, 0.05) is 32.4 Å². The van der Waals surface area contributed by atoms with Crippen molar-refractivity contribution in [2.45, 2.75) is 6.92 Å². The number of amides is 2. The second kappa shape index (κ2) is 6.23. The standard InChI is InChI=1S/C13H17N3O4/c1-2-20-13(19)16-5-3-15(4-6-16)12(18)10-7-11(17)9-14-8-10/h7-9,17H,2-6H2,1H3. The van der Waals surface area contributed by atoms with Crippen LogP contribution in [0.4, 0.5) is 4.79 Å². The maximum Gasteiger partial charge on any atom is 0.409 e. The molecule has 0 atom stereocenters. The van der Waals surface area contributed by atoms with E-state index in [1.165, 1.54) is 18.5 Å². The lowest BCUT2D eigenvalue weighted by Gasteiger charge is -2.34. The zero-order valence-corrected chi connectivity index (χ0v) is 11.3. The van der Waals surface area contributed by atoms with Crippen LogP contribution in [0.1, 0.15) is 17.3 Å². The van der Waals surface area contributed by atoms with E-state index >= 15 is 0 Å². The molecule has 1 aromatic rings. The average molecular weight is 279 g/mol. The van der Waals surface area contributed by atoms with Crippen molar-refractivity contribution in [2.75, 3.05) is 32.8 Å². The molecule has 0 aromatic carbocycles. The number of piperazine rings is 1. The van der Waals surface area contributed by atoms with Gasteiger partial charge < -0.3 is 19.6 Å². The molecule has 0 aliphatic carbocycles. The Hall–Kier alpha value is -2.31. The van der Waals surface area contributed by atoms with Crippen molar-refractivity contribution in [1.82, 2.24) is 14.8 Å². The number of hydrogen-bond donors (Lipinski definition) is 1. The van der Waals surface area contributed by atoms with E-state index in [0.29, 0.717) is 38.3 Å². The fraction of sp³-hybridized carbons (Fsp3) is 0.462. The Morgan fingerprint density at radius 1 is 1.25 bits per heavy atom. The molecule has 0 saturated carbocycles. The summed E-state index contributed by atoms with van der Waals surface area (Å²) in [6.45, 7) is 3.85. The van der Waals surface area contributed by atoms with Crippen LogP contribution in [0, 0.1) is 0 Å². The topological polar surface area (TPSA) is 83.0 Å². The third-order valence-electron chi connectivity index (χ3n) is 3.06. The summed E-state index contributed by atoms with van der Waals surface area (Å²) in [5.41, 5.74) is 0.342. The lowest BCUT2D eigenvalue weighted by atomic mass is 10.2. The van der Waals surface area contributed by atoms with Crippen molar-refractivity contribution in [3.8, 4) is 5.75 Å². The van der Waals surface area contributed by atoms with Crippen molar-refractivity contribution in [3.63, 3.8) is 0 Å². The van der Waals surface area contributed by atoms with Gasteiger partial charge in [-0.25, -0.2) is 4.79 Å².